The van der Waals surface area contributed by atoms with Crippen LogP contribution < -0.4 is 5.32 Å². The molecule has 1 N–H and O–H groups in total. The largest absolute Gasteiger partial charge is 0.444 e. The van der Waals surface area contributed by atoms with Gasteiger partial charge in [0.25, 0.3) is 0 Å². The van der Waals surface area contributed by atoms with Crippen molar-refractivity contribution in [2.75, 3.05) is 19.8 Å². The SMILES string of the molecule is CC1(CNC(=O)OC(C)(C)C)CCOC1. The smallest absolute Gasteiger partial charge is 0.407 e. The fourth-order valence-electron chi connectivity index (χ4n) is 1.45. The highest BCUT2D eigenvalue weighted by atomic mass is 16.6. The average molecular weight is 215 g/mol. The van der Waals surface area contributed by atoms with Crippen LogP contribution in [-0.4, -0.2) is 31.5 Å². The van der Waals surface area contributed by atoms with E-state index < -0.39 is 5.60 Å². The number of ether oxygens (including phenoxy) is 2. The number of amides is 1. The van der Waals surface area contributed by atoms with Crippen molar-refractivity contribution in [3.8, 4) is 0 Å². The van der Waals surface area contributed by atoms with E-state index in [4.69, 9.17) is 9.47 Å². The van der Waals surface area contributed by atoms with Gasteiger partial charge in [0.15, 0.2) is 0 Å². The van der Waals surface area contributed by atoms with Gasteiger partial charge in [-0.2, -0.15) is 0 Å². The van der Waals surface area contributed by atoms with E-state index in [1.807, 2.05) is 20.8 Å². The van der Waals surface area contributed by atoms with Crippen molar-refractivity contribution in [3.05, 3.63) is 0 Å². The van der Waals surface area contributed by atoms with Crippen molar-refractivity contribution in [1.82, 2.24) is 5.32 Å². The van der Waals surface area contributed by atoms with E-state index in [0.29, 0.717) is 13.2 Å². The number of rotatable bonds is 2. The van der Waals surface area contributed by atoms with E-state index in [1.54, 1.807) is 0 Å². The van der Waals surface area contributed by atoms with Crippen LogP contribution in [-0.2, 0) is 9.47 Å². The van der Waals surface area contributed by atoms with Crippen LogP contribution >= 0.6 is 0 Å². The van der Waals surface area contributed by atoms with Gasteiger partial charge < -0.3 is 14.8 Å². The van der Waals surface area contributed by atoms with E-state index in [-0.39, 0.29) is 11.5 Å². The van der Waals surface area contributed by atoms with Gasteiger partial charge in [-0.25, -0.2) is 4.79 Å². The molecule has 1 amide bonds. The predicted octanol–water partition coefficient (Wildman–Crippen LogP) is 1.94. The Hall–Kier alpha value is -0.770. The summed E-state index contributed by atoms with van der Waals surface area (Å²) in [5.41, 5.74) is -0.367. The van der Waals surface area contributed by atoms with Crippen LogP contribution in [0.3, 0.4) is 0 Å². The zero-order chi connectivity index (χ0) is 11.5. The molecule has 0 aromatic rings. The number of carbonyl (C=O) groups is 1. The molecule has 0 spiro atoms. The van der Waals surface area contributed by atoms with E-state index in [1.165, 1.54) is 0 Å². The van der Waals surface area contributed by atoms with Gasteiger partial charge in [-0.05, 0) is 27.2 Å². The van der Waals surface area contributed by atoms with Crippen LogP contribution in [0.25, 0.3) is 0 Å². The monoisotopic (exact) mass is 215 g/mol. The first-order valence-corrected chi connectivity index (χ1v) is 5.35. The second-order valence-electron chi connectivity index (χ2n) is 5.47. The Kier molecular flexibility index (Phi) is 3.60. The normalized spacial score (nSPS) is 26.4. The second-order valence-corrected chi connectivity index (χ2v) is 5.47. The molecule has 0 bridgehead atoms. The van der Waals surface area contributed by atoms with E-state index >= 15 is 0 Å². The van der Waals surface area contributed by atoms with E-state index in [9.17, 15) is 4.79 Å². The van der Waals surface area contributed by atoms with Crippen LogP contribution in [0.4, 0.5) is 4.79 Å². The quantitative estimate of drug-likeness (QED) is 0.765. The van der Waals surface area contributed by atoms with Crippen molar-refractivity contribution in [2.45, 2.75) is 39.7 Å². The van der Waals surface area contributed by atoms with Gasteiger partial charge in [0, 0.05) is 18.6 Å². The molecule has 1 saturated heterocycles. The molecule has 1 unspecified atom stereocenters. The molecule has 0 radical (unpaired) electrons. The standard InChI is InChI=1S/C11H21NO3/c1-10(2,3)15-9(13)12-7-11(4)5-6-14-8-11/h5-8H2,1-4H3,(H,12,13). The van der Waals surface area contributed by atoms with Gasteiger partial charge in [0.2, 0.25) is 0 Å². The summed E-state index contributed by atoms with van der Waals surface area (Å²) in [6, 6.07) is 0. The zero-order valence-corrected chi connectivity index (χ0v) is 10.1. The number of alkyl carbamates (subject to hydrolysis) is 1. The Balaban J connectivity index is 2.28. The maximum Gasteiger partial charge on any atom is 0.407 e. The maximum absolute atomic E-state index is 11.4. The molecule has 0 aromatic carbocycles. The molecule has 1 rings (SSSR count). The third-order valence-corrected chi connectivity index (χ3v) is 2.36. The summed E-state index contributed by atoms with van der Waals surface area (Å²) in [7, 11) is 0. The van der Waals surface area contributed by atoms with Crippen molar-refractivity contribution in [1.29, 1.82) is 0 Å². The Morgan fingerprint density at radius 2 is 2.20 bits per heavy atom. The van der Waals surface area contributed by atoms with Crippen molar-refractivity contribution in [2.24, 2.45) is 5.41 Å². The highest BCUT2D eigenvalue weighted by molar-refractivity contribution is 5.67. The first kappa shape index (κ1) is 12.3. The third-order valence-electron chi connectivity index (χ3n) is 2.36. The van der Waals surface area contributed by atoms with Gasteiger partial charge in [0.05, 0.1) is 6.61 Å². The first-order chi connectivity index (χ1) is 6.81. The van der Waals surface area contributed by atoms with Gasteiger partial charge in [-0.15, -0.1) is 0 Å². The summed E-state index contributed by atoms with van der Waals surface area (Å²) in [5.74, 6) is 0. The van der Waals surface area contributed by atoms with Crippen LogP contribution in [0.15, 0.2) is 0 Å². The Labute approximate surface area is 91.3 Å². The van der Waals surface area contributed by atoms with Crippen LogP contribution in [0.2, 0.25) is 0 Å². The molecule has 0 saturated carbocycles. The predicted molar refractivity (Wildman–Crippen MR) is 57.8 cm³/mol. The van der Waals surface area contributed by atoms with Crippen LogP contribution in [0.1, 0.15) is 34.1 Å². The fraction of sp³-hybridized carbons (Fsp3) is 0.909. The molecule has 0 aromatic heterocycles. The Morgan fingerprint density at radius 1 is 1.53 bits per heavy atom. The molecule has 4 nitrogen and oxygen atoms in total. The van der Waals surface area contributed by atoms with Gasteiger partial charge in [-0.1, -0.05) is 6.92 Å². The minimum atomic E-state index is -0.433. The van der Waals surface area contributed by atoms with Crippen molar-refractivity contribution < 1.29 is 14.3 Å². The lowest BCUT2D eigenvalue weighted by atomic mass is 9.90. The van der Waals surface area contributed by atoms with E-state index in [0.717, 1.165) is 13.0 Å². The Morgan fingerprint density at radius 3 is 2.67 bits per heavy atom. The topological polar surface area (TPSA) is 47.6 Å². The highest BCUT2D eigenvalue weighted by Crippen LogP contribution is 2.26. The molecule has 1 heterocycles. The van der Waals surface area contributed by atoms with E-state index in [2.05, 4.69) is 12.2 Å². The first-order valence-electron chi connectivity index (χ1n) is 5.35. The number of nitrogens with one attached hydrogen (secondary N) is 1. The molecular weight excluding hydrogens is 194 g/mol. The number of hydrogen-bond donors (Lipinski definition) is 1. The zero-order valence-electron chi connectivity index (χ0n) is 10.1. The van der Waals surface area contributed by atoms with Crippen LogP contribution in [0, 0.1) is 5.41 Å². The van der Waals surface area contributed by atoms with Crippen LogP contribution in [0.5, 0.6) is 0 Å². The molecule has 4 heteroatoms. The molecule has 1 aliphatic heterocycles. The Bertz CT molecular complexity index is 226. The van der Waals surface area contributed by atoms with Gasteiger partial charge in [0.1, 0.15) is 5.60 Å². The lowest BCUT2D eigenvalue weighted by Crippen LogP contribution is -2.39. The van der Waals surface area contributed by atoms with Crippen molar-refractivity contribution >= 4 is 6.09 Å². The second kappa shape index (κ2) is 4.39. The number of carbonyl (C=O) groups excluding carboxylic acids is 1. The molecule has 1 atom stereocenters. The van der Waals surface area contributed by atoms with Gasteiger partial charge >= 0.3 is 6.09 Å². The molecule has 15 heavy (non-hydrogen) atoms. The van der Waals surface area contributed by atoms with Gasteiger partial charge in [-0.3, -0.25) is 0 Å². The lowest BCUT2D eigenvalue weighted by molar-refractivity contribution is 0.0498. The molecule has 0 aliphatic carbocycles. The summed E-state index contributed by atoms with van der Waals surface area (Å²) in [6.07, 6.45) is 0.638. The minimum Gasteiger partial charge on any atom is -0.444 e. The fourth-order valence-corrected chi connectivity index (χ4v) is 1.45. The highest BCUT2D eigenvalue weighted by Gasteiger charge is 2.30. The summed E-state index contributed by atoms with van der Waals surface area (Å²) in [4.78, 5) is 11.4. The number of hydrogen-bond acceptors (Lipinski definition) is 3. The molecular formula is C11H21NO3. The lowest BCUT2D eigenvalue weighted by Gasteiger charge is -2.24. The summed E-state index contributed by atoms with van der Waals surface area (Å²) in [6.45, 7) is 9.78. The third kappa shape index (κ3) is 4.51. The summed E-state index contributed by atoms with van der Waals surface area (Å²) >= 11 is 0. The minimum absolute atomic E-state index is 0.0664. The summed E-state index contributed by atoms with van der Waals surface area (Å²) < 4.78 is 10.5. The molecule has 1 aliphatic rings. The molecule has 88 valence electrons. The van der Waals surface area contributed by atoms with Crippen molar-refractivity contribution in [3.63, 3.8) is 0 Å². The molecule has 1 fully saturated rings. The summed E-state index contributed by atoms with van der Waals surface area (Å²) in [5, 5.41) is 2.78. The maximum atomic E-state index is 11.4. The average Bonchev–Trinajstić information content (AvgIpc) is 2.47.